The van der Waals surface area contributed by atoms with Gasteiger partial charge in [0.15, 0.2) is 5.75 Å². The molecule has 0 saturated heterocycles. The van der Waals surface area contributed by atoms with Gasteiger partial charge in [-0.25, -0.2) is 0 Å². The molecule has 1 N–H and O–H groups in total. The lowest BCUT2D eigenvalue weighted by Crippen LogP contribution is -1.99. The lowest BCUT2D eigenvalue weighted by Gasteiger charge is -2.11. The molecule has 2 rings (SSSR count). The van der Waals surface area contributed by atoms with Crippen LogP contribution in [0.3, 0.4) is 0 Å². The first-order chi connectivity index (χ1) is 8.20. The first-order valence-corrected chi connectivity index (χ1v) is 5.29. The van der Waals surface area contributed by atoms with Crippen molar-refractivity contribution in [1.29, 1.82) is 0 Å². The van der Waals surface area contributed by atoms with Gasteiger partial charge in [0.2, 0.25) is 0 Å². The van der Waals surface area contributed by atoms with Gasteiger partial charge in [-0.05, 0) is 35.4 Å². The minimum Gasteiger partial charge on any atom is -0.497 e. The predicted molar refractivity (Wildman–Crippen MR) is 63.6 cm³/mol. The van der Waals surface area contributed by atoms with Gasteiger partial charge >= 0.3 is 0 Å². The van der Waals surface area contributed by atoms with Crippen molar-refractivity contribution in [3.05, 3.63) is 59.7 Å². The van der Waals surface area contributed by atoms with Gasteiger partial charge in [-0.15, -0.1) is 0 Å². The van der Waals surface area contributed by atoms with E-state index < -0.39 is 6.10 Å². The van der Waals surface area contributed by atoms with E-state index in [-0.39, 0.29) is 5.75 Å². The van der Waals surface area contributed by atoms with E-state index >= 15 is 0 Å². The number of ether oxygens (including phenoxy) is 1. The summed E-state index contributed by atoms with van der Waals surface area (Å²) in [6.07, 6.45) is -0.721. The van der Waals surface area contributed by atoms with E-state index in [9.17, 15) is 10.2 Å². The third-order valence-electron chi connectivity index (χ3n) is 2.63. The largest absolute Gasteiger partial charge is 0.497 e. The summed E-state index contributed by atoms with van der Waals surface area (Å²) in [7, 11) is 1.60. The lowest BCUT2D eigenvalue weighted by molar-refractivity contribution is 0.220. The van der Waals surface area contributed by atoms with Crippen LogP contribution in [0.4, 0.5) is 0 Å². The topological polar surface area (TPSA) is 49.4 Å². The molecule has 3 heteroatoms. The Kier molecular flexibility index (Phi) is 3.30. The van der Waals surface area contributed by atoms with E-state index in [0.717, 1.165) is 11.3 Å². The monoisotopic (exact) mass is 229 g/mol. The molecule has 1 atom stereocenters. The number of rotatable bonds is 3. The molecule has 0 amide bonds. The van der Waals surface area contributed by atoms with Crippen LogP contribution in [0.5, 0.6) is 11.5 Å². The Bertz CT molecular complexity index is 474. The maximum absolute atomic E-state index is 11.0. The first-order valence-electron chi connectivity index (χ1n) is 5.29. The third kappa shape index (κ3) is 2.57. The molecule has 17 heavy (non-hydrogen) atoms. The molecule has 0 bridgehead atoms. The molecule has 0 aliphatic rings. The van der Waals surface area contributed by atoms with Crippen LogP contribution in [-0.4, -0.2) is 12.2 Å². The lowest BCUT2D eigenvalue weighted by atomic mass is 10.0. The molecule has 0 aliphatic carbocycles. The highest BCUT2D eigenvalue weighted by Gasteiger charge is 2.10. The Morgan fingerprint density at radius 3 is 1.88 bits per heavy atom. The van der Waals surface area contributed by atoms with Crippen LogP contribution in [0.1, 0.15) is 17.2 Å². The quantitative estimate of drug-likeness (QED) is 0.879. The molecule has 0 saturated carbocycles. The van der Waals surface area contributed by atoms with Gasteiger partial charge < -0.3 is 9.84 Å². The second-order valence-electron chi connectivity index (χ2n) is 3.74. The molecule has 2 aromatic carbocycles. The van der Waals surface area contributed by atoms with Gasteiger partial charge in [0.1, 0.15) is 11.9 Å². The highest BCUT2D eigenvalue weighted by molar-refractivity contribution is 5.35. The molecule has 3 nitrogen and oxygen atoms in total. The summed E-state index contributed by atoms with van der Waals surface area (Å²) in [5.41, 5.74) is 1.47. The van der Waals surface area contributed by atoms with Gasteiger partial charge in [0.25, 0.3) is 0 Å². The van der Waals surface area contributed by atoms with Gasteiger partial charge in [0, 0.05) is 0 Å². The molecule has 0 spiro atoms. The number of hydrogen-bond acceptors (Lipinski definition) is 2. The molecule has 1 radical (unpaired) electrons. The number of methoxy groups -OCH3 is 1. The average molecular weight is 229 g/mol. The molecule has 2 aromatic rings. The summed E-state index contributed by atoms with van der Waals surface area (Å²) in [5.74, 6) is 0.687. The molecular weight excluding hydrogens is 216 g/mol. The molecule has 1 unspecified atom stereocenters. The molecular formula is C14H13O3. The Morgan fingerprint density at radius 2 is 1.41 bits per heavy atom. The summed E-state index contributed by atoms with van der Waals surface area (Å²) in [5, 5.41) is 21.1. The zero-order chi connectivity index (χ0) is 12.3. The van der Waals surface area contributed by atoms with Crippen LogP contribution in [-0.2, 0) is 5.11 Å². The van der Waals surface area contributed by atoms with Crippen LogP contribution >= 0.6 is 0 Å². The van der Waals surface area contributed by atoms with Crippen molar-refractivity contribution in [2.75, 3.05) is 7.11 Å². The van der Waals surface area contributed by atoms with E-state index in [2.05, 4.69) is 0 Å². The van der Waals surface area contributed by atoms with Crippen molar-refractivity contribution in [2.45, 2.75) is 6.10 Å². The number of hydrogen-bond donors (Lipinski definition) is 1. The van der Waals surface area contributed by atoms with Crippen molar-refractivity contribution in [2.24, 2.45) is 0 Å². The zero-order valence-electron chi connectivity index (χ0n) is 9.46. The van der Waals surface area contributed by atoms with Crippen molar-refractivity contribution in [1.82, 2.24) is 0 Å². The molecule has 87 valence electrons. The molecule has 0 aromatic heterocycles. The Balaban J connectivity index is 2.23. The zero-order valence-corrected chi connectivity index (χ0v) is 9.46. The highest BCUT2D eigenvalue weighted by atomic mass is 16.5. The van der Waals surface area contributed by atoms with Crippen LogP contribution in [0.25, 0.3) is 0 Å². The number of aliphatic hydroxyl groups excluding tert-OH is 1. The molecule has 0 aliphatic heterocycles. The van der Waals surface area contributed by atoms with E-state index in [4.69, 9.17) is 4.74 Å². The summed E-state index contributed by atoms with van der Waals surface area (Å²) >= 11 is 0. The fourth-order valence-corrected chi connectivity index (χ4v) is 1.63. The van der Waals surface area contributed by atoms with Crippen LogP contribution in [0.15, 0.2) is 48.5 Å². The maximum Gasteiger partial charge on any atom is 0.178 e. The smallest absolute Gasteiger partial charge is 0.178 e. The fourth-order valence-electron chi connectivity index (χ4n) is 1.63. The number of benzene rings is 2. The van der Waals surface area contributed by atoms with Crippen molar-refractivity contribution in [3.8, 4) is 11.5 Å². The predicted octanol–water partition coefficient (Wildman–Crippen LogP) is 2.92. The van der Waals surface area contributed by atoms with Gasteiger partial charge in [-0.3, -0.25) is 5.11 Å². The summed E-state index contributed by atoms with van der Waals surface area (Å²) in [6, 6.07) is 13.4. The van der Waals surface area contributed by atoms with Crippen LogP contribution in [0, 0.1) is 0 Å². The van der Waals surface area contributed by atoms with Crippen LogP contribution < -0.4 is 4.74 Å². The SMILES string of the molecule is COc1ccc(C(O)c2ccc([O])cc2)cc1. The maximum atomic E-state index is 11.0. The van der Waals surface area contributed by atoms with Crippen molar-refractivity contribution in [3.63, 3.8) is 0 Å². The Morgan fingerprint density at radius 1 is 0.941 bits per heavy atom. The normalized spacial score (nSPS) is 12.1. The molecule has 0 heterocycles. The van der Waals surface area contributed by atoms with E-state index in [0.29, 0.717) is 5.56 Å². The van der Waals surface area contributed by atoms with E-state index in [1.165, 1.54) is 12.1 Å². The third-order valence-corrected chi connectivity index (χ3v) is 2.63. The average Bonchev–Trinajstić information content (AvgIpc) is 2.39. The van der Waals surface area contributed by atoms with Crippen LogP contribution in [0.2, 0.25) is 0 Å². The van der Waals surface area contributed by atoms with Gasteiger partial charge in [-0.1, -0.05) is 24.3 Å². The summed E-state index contributed by atoms with van der Waals surface area (Å²) in [4.78, 5) is 0. The molecule has 0 fully saturated rings. The van der Waals surface area contributed by atoms with Gasteiger partial charge in [-0.2, -0.15) is 0 Å². The van der Waals surface area contributed by atoms with Crippen molar-refractivity contribution >= 4 is 0 Å². The van der Waals surface area contributed by atoms with Crippen molar-refractivity contribution < 1.29 is 14.9 Å². The van der Waals surface area contributed by atoms with Gasteiger partial charge in [0.05, 0.1) is 7.11 Å². The minimum atomic E-state index is -0.721. The second kappa shape index (κ2) is 4.89. The summed E-state index contributed by atoms with van der Waals surface area (Å²) < 4.78 is 5.05. The van der Waals surface area contributed by atoms with E-state index in [1.54, 1.807) is 43.5 Å². The van der Waals surface area contributed by atoms with E-state index in [1.807, 2.05) is 0 Å². The standard InChI is InChI=1S/C14H13O3/c1-17-13-8-4-11(5-9-13)14(16)10-2-6-12(15)7-3-10/h2-9,14,16H,1H3. The second-order valence-corrected chi connectivity index (χ2v) is 3.74. The number of aliphatic hydroxyl groups is 1. The first kappa shape index (κ1) is 11.5. The minimum absolute atomic E-state index is 0.0596. The Labute approximate surface area is 99.9 Å². The highest BCUT2D eigenvalue weighted by Crippen LogP contribution is 2.25. The Hall–Kier alpha value is -2.00. The fraction of sp³-hybridized carbons (Fsp3) is 0.143. The summed E-state index contributed by atoms with van der Waals surface area (Å²) in [6.45, 7) is 0.